The van der Waals surface area contributed by atoms with Crippen LogP contribution in [-0.4, -0.2) is 17.9 Å². The highest BCUT2D eigenvalue weighted by molar-refractivity contribution is 6.00. The fraction of sp³-hybridized carbons (Fsp3) is 0.833. The van der Waals surface area contributed by atoms with E-state index in [9.17, 15) is 14.4 Å². The van der Waals surface area contributed by atoms with Crippen LogP contribution in [-0.2, 0) is 14.4 Å². The molecule has 0 saturated heterocycles. The van der Waals surface area contributed by atoms with E-state index in [0.29, 0.717) is 17.9 Å². The zero-order valence-electron chi connectivity index (χ0n) is 22.4. The standard InChI is InChI=1S/C30H45NO3/c1-25(2)10-12-30(17-32)13-11-29(7)23(18(30)15-25)20(33)14-22-27(5)16-19(31)24(34)26(3,4)21(27)8-9-28(22,29)6/h16-18,21-23H,8-15,31H2,1-7H3/t18-,21-,22+,23-,27-,28+,29+,30+/m0/s1. The predicted molar refractivity (Wildman–Crippen MR) is 134 cm³/mol. The van der Waals surface area contributed by atoms with Gasteiger partial charge < -0.3 is 10.5 Å². The van der Waals surface area contributed by atoms with Crippen LogP contribution in [0.4, 0.5) is 0 Å². The molecule has 188 valence electrons. The molecule has 0 aliphatic heterocycles. The smallest absolute Gasteiger partial charge is 0.184 e. The molecule has 0 aromatic carbocycles. The summed E-state index contributed by atoms with van der Waals surface area (Å²) in [7, 11) is 0. The van der Waals surface area contributed by atoms with Crippen molar-refractivity contribution in [1.29, 1.82) is 0 Å². The molecule has 34 heavy (non-hydrogen) atoms. The lowest BCUT2D eigenvalue weighted by molar-refractivity contribution is -0.219. The highest BCUT2D eigenvalue weighted by Crippen LogP contribution is 2.75. The topological polar surface area (TPSA) is 77.2 Å². The molecule has 8 atom stereocenters. The van der Waals surface area contributed by atoms with Gasteiger partial charge in [0.15, 0.2) is 5.78 Å². The molecule has 0 unspecified atom stereocenters. The SMILES string of the molecule is CC1(C)CC[C@]2(C=O)CC[C@]3(C)[C@H](C(=O)C[C@@H]4[C@@]5(C)C=C(N)C(=O)C(C)(C)[C@@H]5CC[C@]43C)[C@@H]2C1. The summed E-state index contributed by atoms with van der Waals surface area (Å²) in [5.41, 5.74) is 5.62. The fourth-order valence-corrected chi connectivity index (χ4v) is 10.5. The van der Waals surface area contributed by atoms with Crippen molar-refractivity contribution < 1.29 is 14.4 Å². The number of fused-ring (bicyclic) bond motifs is 7. The Kier molecular flexibility index (Phi) is 4.89. The third-order valence-electron chi connectivity index (χ3n) is 12.7. The number of hydrogen-bond acceptors (Lipinski definition) is 4. The Bertz CT molecular complexity index is 993. The van der Waals surface area contributed by atoms with Crippen LogP contribution in [0.25, 0.3) is 0 Å². The number of carbonyl (C=O) groups excluding carboxylic acids is 3. The quantitative estimate of drug-likeness (QED) is 0.489. The van der Waals surface area contributed by atoms with Gasteiger partial charge in [0.05, 0.1) is 5.70 Å². The number of hydrogen-bond donors (Lipinski definition) is 1. The van der Waals surface area contributed by atoms with Gasteiger partial charge >= 0.3 is 0 Å². The number of Topliss-reactive ketones (excluding diaryl/α,β-unsaturated/α-hetero) is 2. The monoisotopic (exact) mass is 467 g/mol. The van der Waals surface area contributed by atoms with Crippen molar-refractivity contribution in [2.24, 2.45) is 61.9 Å². The second-order valence-electron chi connectivity index (χ2n) is 15.0. The van der Waals surface area contributed by atoms with E-state index in [1.165, 1.54) is 6.29 Å². The third kappa shape index (κ3) is 2.75. The van der Waals surface area contributed by atoms with E-state index in [1.807, 2.05) is 6.08 Å². The highest BCUT2D eigenvalue weighted by atomic mass is 16.1. The number of nitrogens with two attached hydrogens (primary N) is 1. The lowest BCUT2D eigenvalue weighted by Crippen LogP contribution is -2.68. The molecule has 0 bridgehead atoms. The maximum atomic E-state index is 14.2. The summed E-state index contributed by atoms with van der Waals surface area (Å²) in [5, 5.41) is 0. The molecule has 4 nitrogen and oxygen atoms in total. The first-order valence-corrected chi connectivity index (χ1v) is 13.6. The number of ketones is 2. The van der Waals surface area contributed by atoms with Gasteiger partial charge in [0.25, 0.3) is 0 Å². The molecule has 4 heteroatoms. The van der Waals surface area contributed by atoms with E-state index < -0.39 is 5.41 Å². The van der Waals surface area contributed by atoms with Crippen molar-refractivity contribution in [2.45, 2.75) is 99.8 Å². The van der Waals surface area contributed by atoms with Crippen molar-refractivity contribution in [3.05, 3.63) is 11.8 Å². The maximum Gasteiger partial charge on any atom is 0.184 e. The van der Waals surface area contributed by atoms with E-state index in [0.717, 1.165) is 44.9 Å². The maximum absolute atomic E-state index is 14.2. The molecular formula is C30H45NO3. The minimum atomic E-state index is -0.512. The summed E-state index contributed by atoms with van der Waals surface area (Å²) < 4.78 is 0. The minimum Gasteiger partial charge on any atom is -0.396 e. The Hall–Kier alpha value is -1.45. The van der Waals surface area contributed by atoms with Gasteiger partial charge in [-0.1, -0.05) is 54.5 Å². The summed E-state index contributed by atoms with van der Waals surface area (Å²) in [6, 6.07) is 0. The second kappa shape index (κ2) is 6.85. The summed E-state index contributed by atoms with van der Waals surface area (Å²) in [4.78, 5) is 39.9. The molecule has 5 aliphatic rings. The Morgan fingerprint density at radius 2 is 1.53 bits per heavy atom. The van der Waals surface area contributed by atoms with Crippen molar-refractivity contribution in [2.75, 3.05) is 0 Å². The Morgan fingerprint density at radius 3 is 2.18 bits per heavy atom. The summed E-state index contributed by atoms with van der Waals surface area (Å²) in [6.07, 6.45) is 10.6. The molecule has 0 aromatic heterocycles. The largest absolute Gasteiger partial charge is 0.396 e. The lowest BCUT2D eigenvalue weighted by atomic mass is 9.32. The van der Waals surface area contributed by atoms with Gasteiger partial charge in [-0.2, -0.15) is 0 Å². The zero-order chi connectivity index (χ0) is 25.1. The molecule has 0 spiro atoms. The molecule has 5 rings (SSSR count). The minimum absolute atomic E-state index is 0.0271. The number of rotatable bonds is 1. The van der Waals surface area contributed by atoms with E-state index in [4.69, 9.17) is 5.73 Å². The van der Waals surface area contributed by atoms with Gasteiger partial charge in [0.2, 0.25) is 0 Å². The van der Waals surface area contributed by atoms with Gasteiger partial charge in [-0.25, -0.2) is 0 Å². The molecule has 2 N–H and O–H groups in total. The van der Waals surface area contributed by atoms with Crippen LogP contribution in [0.5, 0.6) is 0 Å². The van der Waals surface area contributed by atoms with Crippen LogP contribution in [0, 0.1) is 56.2 Å². The normalized spacial score (nSPS) is 51.3. The third-order valence-corrected chi connectivity index (χ3v) is 12.7. The molecular weight excluding hydrogens is 422 g/mol. The molecule has 0 radical (unpaired) electrons. The van der Waals surface area contributed by atoms with Crippen LogP contribution in [0.3, 0.4) is 0 Å². The molecule has 0 heterocycles. The first kappa shape index (κ1) is 24.3. The average molecular weight is 468 g/mol. The average Bonchev–Trinajstić information content (AvgIpc) is 2.73. The van der Waals surface area contributed by atoms with E-state index in [2.05, 4.69) is 48.5 Å². The number of aldehydes is 1. The van der Waals surface area contributed by atoms with Crippen LogP contribution >= 0.6 is 0 Å². The second-order valence-corrected chi connectivity index (χ2v) is 15.0. The predicted octanol–water partition coefficient (Wildman–Crippen LogP) is 5.88. The summed E-state index contributed by atoms with van der Waals surface area (Å²) >= 11 is 0. The summed E-state index contributed by atoms with van der Waals surface area (Å²) in [5.74, 6) is 0.876. The van der Waals surface area contributed by atoms with Gasteiger partial charge in [-0.15, -0.1) is 0 Å². The first-order chi connectivity index (χ1) is 15.6. The zero-order valence-corrected chi connectivity index (χ0v) is 22.4. The summed E-state index contributed by atoms with van der Waals surface area (Å²) in [6.45, 7) is 15.8. The van der Waals surface area contributed by atoms with Crippen molar-refractivity contribution in [3.8, 4) is 0 Å². The van der Waals surface area contributed by atoms with Crippen molar-refractivity contribution in [1.82, 2.24) is 0 Å². The van der Waals surface area contributed by atoms with Gasteiger partial charge in [-0.3, -0.25) is 9.59 Å². The Labute approximate surface area is 205 Å². The lowest BCUT2D eigenvalue weighted by Gasteiger charge is -2.71. The van der Waals surface area contributed by atoms with Crippen LogP contribution in [0.1, 0.15) is 99.8 Å². The molecule has 0 amide bonds. The van der Waals surface area contributed by atoms with Crippen molar-refractivity contribution >= 4 is 17.9 Å². The van der Waals surface area contributed by atoms with Gasteiger partial charge in [-0.05, 0) is 84.4 Å². The Balaban J connectivity index is 1.63. The molecule has 4 fully saturated rings. The molecule has 0 aromatic rings. The van der Waals surface area contributed by atoms with Gasteiger partial charge in [0.1, 0.15) is 12.1 Å². The van der Waals surface area contributed by atoms with Crippen LogP contribution in [0.15, 0.2) is 11.8 Å². The first-order valence-electron chi connectivity index (χ1n) is 13.6. The van der Waals surface area contributed by atoms with E-state index in [1.54, 1.807) is 0 Å². The molecule has 4 saturated carbocycles. The van der Waals surface area contributed by atoms with E-state index >= 15 is 0 Å². The molecule has 5 aliphatic carbocycles. The van der Waals surface area contributed by atoms with Crippen LogP contribution < -0.4 is 5.73 Å². The van der Waals surface area contributed by atoms with Gasteiger partial charge in [0, 0.05) is 23.2 Å². The van der Waals surface area contributed by atoms with Crippen LogP contribution in [0.2, 0.25) is 0 Å². The number of carbonyl (C=O) groups is 3. The highest BCUT2D eigenvalue weighted by Gasteiger charge is 2.72. The van der Waals surface area contributed by atoms with E-state index in [-0.39, 0.29) is 56.5 Å². The fourth-order valence-electron chi connectivity index (χ4n) is 10.5. The number of allylic oxidation sites excluding steroid dienone is 2. The van der Waals surface area contributed by atoms with Crippen molar-refractivity contribution in [3.63, 3.8) is 0 Å². The Morgan fingerprint density at radius 1 is 0.882 bits per heavy atom.